The molecule has 1 saturated carbocycles. The van der Waals surface area contributed by atoms with Crippen LogP contribution in [-0.4, -0.2) is 16.8 Å². The van der Waals surface area contributed by atoms with Crippen LogP contribution in [0.15, 0.2) is 30.3 Å². The molecule has 3 rings (SSSR count). The van der Waals surface area contributed by atoms with Gasteiger partial charge in [-0.25, -0.2) is 0 Å². The monoisotopic (exact) mass is 374 g/mol. The summed E-state index contributed by atoms with van der Waals surface area (Å²) in [7, 11) is 0. The standard InChI is InChI=1S/C22H30O3S/c1-15-6-8-18(14-25-20-11-17(13-23)10-19(24)12-20)22(15)5-3-4-21-9-7-16(2)26-21/h7,9-12,15,18,22-24H,3-6,8,13-14H2,1-2H3. The van der Waals surface area contributed by atoms with Crippen LogP contribution in [0.25, 0.3) is 0 Å². The van der Waals surface area contributed by atoms with Crippen molar-refractivity contribution < 1.29 is 14.9 Å². The Morgan fingerprint density at radius 2 is 2.04 bits per heavy atom. The number of hydrogen-bond donors (Lipinski definition) is 2. The van der Waals surface area contributed by atoms with Crippen LogP contribution in [0.3, 0.4) is 0 Å². The molecular formula is C22H30O3S. The first-order valence-electron chi connectivity index (χ1n) is 9.67. The summed E-state index contributed by atoms with van der Waals surface area (Å²) in [6, 6.07) is 9.49. The molecule has 3 atom stereocenters. The summed E-state index contributed by atoms with van der Waals surface area (Å²) in [6.45, 7) is 5.15. The van der Waals surface area contributed by atoms with Gasteiger partial charge in [-0.15, -0.1) is 11.3 Å². The molecular weight excluding hydrogens is 344 g/mol. The average molecular weight is 375 g/mol. The lowest BCUT2D eigenvalue weighted by Crippen LogP contribution is -2.20. The molecule has 2 aromatic rings. The zero-order valence-corrected chi connectivity index (χ0v) is 16.6. The summed E-state index contributed by atoms with van der Waals surface area (Å²) in [5.41, 5.74) is 0.683. The lowest BCUT2D eigenvalue weighted by Gasteiger charge is -2.23. The predicted octanol–water partition coefficient (Wildman–Crippen LogP) is 5.32. The molecule has 4 heteroatoms. The molecule has 1 heterocycles. The first-order chi connectivity index (χ1) is 12.5. The number of aliphatic hydroxyl groups excluding tert-OH is 1. The van der Waals surface area contributed by atoms with E-state index in [4.69, 9.17) is 4.74 Å². The zero-order chi connectivity index (χ0) is 18.5. The number of phenolic OH excluding ortho intramolecular Hbond substituents is 1. The van der Waals surface area contributed by atoms with Crippen LogP contribution in [0.2, 0.25) is 0 Å². The first kappa shape index (κ1) is 19.2. The van der Waals surface area contributed by atoms with Crippen LogP contribution in [0.5, 0.6) is 11.5 Å². The Bertz CT molecular complexity index is 709. The fourth-order valence-corrected chi connectivity index (χ4v) is 5.18. The number of phenols is 1. The van der Waals surface area contributed by atoms with Gasteiger partial charge < -0.3 is 14.9 Å². The van der Waals surface area contributed by atoms with Crippen molar-refractivity contribution in [2.75, 3.05) is 6.61 Å². The zero-order valence-electron chi connectivity index (χ0n) is 15.8. The van der Waals surface area contributed by atoms with Gasteiger partial charge in [-0.2, -0.15) is 0 Å². The highest BCUT2D eigenvalue weighted by Crippen LogP contribution is 2.40. The molecule has 0 saturated heterocycles. The van der Waals surface area contributed by atoms with E-state index in [1.807, 2.05) is 17.4 Å². The molecule has 1 fully saturated rings. The second kappa shape index (κ2) is 8.92. The maximum absolute atomic E-state index is 9.75. The van der Waals surface area contributed by atoms with Crippen molar-refractivity contribution >= 4 is 11.3 Å². The minimum Gasteiger partial charge on any atom is -0.508 e. The van der Waals surface area contributed by atoms with E-state index in [0.717, 1.165) is 5.92 Å². The van der Waals surface area contributed by atoms with Crippen LogP contribution in [0.1, 0.15) is 47.9 Å². The van der Waals surface area contributed by atoms with Gasteiger partial charge in [0.15, 0.2) is 0 Å². The van der Waals surface area contributed by atoms with E-state index >= 15 is 0 Å². The third-order valence-corrected chi connectivity index (χ3v) is 6.74. The number of aryl methyl sites for hydroxylation is 2. The highest BCUT2D eigenvalue weighted by Gasteiger charge is 2.33. The van der Waals surface area contributed by atoms with Gasteiger partial charge in [0.1, 0.15) is 11.5 Å². The number of aromatic hydroxyl groups is 1. The minimum atomic E-state index is -0.0873. The van der Waals surface area contributed by atoms with Gasteiger partial charge in [0.25, 0.3) is 0 Å². The molecule has 142 valence electrons. The molecule has 3 unspecified atom stereocenters. The normalized spacial score (nSPS) is 22.7. The van der Waals surface area contributed by atoms with Gasteiger partial charge in [-0.3, -0.25) is 0 Å². The fourth-order valence-electron chi connectivity index (χ4n) is 4.25. The van der Waals surface area contributed by atoms with E-state index < -0.39 is 0 Å². The molecule has 0 spiro atoms. The second-order valence-electron chi connectivity index (χ2n) is 7.69. The van der Waals surface area contributed by atoms with E-state index in [1.54, 1.807) is 12.1 Å². The summed E-state index contributed by atoms with van der Waals surface area (Å²) < 4.78 is 5.99. The van der Waals surface area contributed by atoms with Crippen LogP contribution < -0.4 is 4.74 Å². The van der Waals surface area contributed by atoms with Crippen molar-refractivity contribution in [2.45, 2.75) is 52.6 Å². The van der Waals surface area contributed by atoms with Crippen molar-refractivity contribution in [1.82, 2.24) is 0 Å². The van der Waals surface area contributed by atoms with Gasteiger partial charge >= 0.3 is 0 Å². The number of thiophene rings is 1. The predicted molar refractivity (Wildman–Crippen MR) is 107 cm³/mol. The average Bonchev–Trinajstić information content (AvgIpc) is 3.19. The Morgan fingerprint density at radius 3 is 2.77 bits per heavy atom. The number of ether oxygens (including phenoxy) is 1. The third kappa shape index (κ3) is 5.01. The van der Waals surface area contributed by atoms with E-state index in [9.17, 15) is 10.2 Å². The van der Waals surface area contributed by atoms with E-state index in [-0.39, 0.29) is 12.4 Å². The Balaban J connectivity index is 1.52. The Hall–Kier alpha value is -1.52. The highest BCUT2D eigenvalue weighted by molar-refractivity contribution is 7.11. The number of hydrogen-bond acceptors (Lipinski definition) is 4. The summed E-state index contributed by atoms with van der Waals surface area (Å²) in [4.78, 5) is 2.89. The van der Waals surface area contributed by atoms with Crippen molar-refractivity contribution in [3.05, 3.63) is 45.6 Å². The molecule has 2 N–H and O–H groups in total. The molecule has 0 amide bonds. The van der Waals surface area contributed by atoms with Crippen LogP contribution in [0.4, 0.5) is 0 Å². The first-order valence-corrected chi connectivity index (χ1v) is 10.5. The molecule has 0 aliphatic heterocycles. The summed E-state index contributed by atoms with van der Waals surface area (Å²) in [5, 5.41) is 19.0. The quantitative estimate of drug-likeness (QED) is 0.657. The van der Waals surface area contributed by atoms with E-state index in [1.165, 1.54) is 41.9 Å². The van der Waals surface area contributed by atoms with Gasteiger partial charge in [-0.1, -0.05) is 13.3 Å². The molecule has 0 radical (unpaired) electrons. The van der Waals surface area contributed by atoms with Gasteiger partial charge in [0.05, 0.1) is 13.2 Å². The molecule has 1 aliphatic rings. The second-order valence-corrected chi connectivity index (χ2v) is 9.06. The molecule has 1 aromatic heterocycles. The summed E-state index contributed by atoms with van der Waals surface area (Å²) in [5.74, 6) is 2.85. The van der Waals surface area contributed by atoms with Gasteiger partial charge in [0.2, 0.25) is 0 Å². The maximum atomic E-state index is 9.75. The summed E-state index contributed by atoms with van der Waals surface area (Å²) >= 11 is 1.92. The SMILES string of the molecule is Cc1ccc(CCCC2C(C)CCC2COc2cc(O)cc(CO)c2)s1. The lowest BCUT2D eigenvalue weighted by molar-refractivity contribution is 0.190. The molecule has 1 aliphatic carbocycles. The van der Waals surface area contributed by atoms with Crippen molar-refractivity contribution in [3.63, 3.8) is 0 Å². The number of aliphatic hydroxyl groups is 1. The van der Waals surface area contributed by atoms with Crippen LogP contribution >= 0.6 is 11.3 Å². The number of benzene rings is 1. The molecule has 1 aromatic carbocycles. The van der Waals surface area contributed by atoms with Gasteiger partial charge in [-0.05, 0) is 80.2 Å². The Labute approximate surface area is 160 Å². The maximum Gasteiger partial charge on any atom is 0.123 e. The van der Waals surface area contributed by atoms with Crippen molar-refractivity contribution in [2.24, 2.45) is 17.8 Å². The number of rotatable bonds is 8. The third-order valence-electron chi connectivity index (χ3n) is 5.68. The molecule has 0 bridgehead atoms. The summed E-state index contributed by atoms with van der Waals surface area (Å²) in [6.07, 6.45) is 6.18. The largest absolute Gasteiger partial charge is 0.508 e. The fraction of sp³-hybridized carbons (Fsp3) is 0.545. The Morgan fingerprint density at radius 1 is 1.19 bits per heavy atom. The van der Waals surface area contributed by atoms with E-state index in [2.05, 4.69) is 26.0 Å². The smallest absolute Gasteiger partial charge is 0.123 e. The molecule has 26 heavy (non-hydrogen) atoms. The minimum absolute atomic E-state index is 0.0873. The highest BCUT2D eigenvalue weighted by atomic mass is 32.1. The topological polar surface area (TPSA) is 49.7 Å². The van der Waals surface area contributed by atoms with Crippen molar-refractivity contribution in [3.8, 4) is 11.5 Å². The van der Waals surface area contributed by atoms with Crippen LogP contribution in [-0.2, 0) is 13.0 Å². The Kier molecular flexibility index (Phi) is 6.60. The van der Waals surface area contributed by atoms with Crippen molar-refractivity contribution in [1.29, 1.82) is 0 Å². The molecule has 3 nitrogen and oxygen atoms in total. The lowest BCUT2D eigenvalue weighted by atomic mass is 9.86. The van der Waals surface area contributed by atoms with Crippen LogP contribution in [0, 0.1) is 24.7 Å². The van der Waals surface area contributed by atoms with Gasteiger partial charge in [0, 0.05) is 15.8 Å². The van der Waals surface area contributed by atoms with E-state index in [0.29, 0.717) is 29.8 Å².